The lowest BCUT2D eigenvalue weighted by Gasteiger charge is -2.08. The molecule has 3 aromatic rings. The highest BCUT2D eigenvalue weighted by Gasteiger charge is 2.15. The minimum atomic E-state index is -0.947. The molecule has 31 heavy (non-hydrogen) atoms. The van der Waals surface area contributed by atoms with Gasteiger partial charge in [-0.05, 0) is 36.6 Å². The SMILES string of the molecule is CC(CC(=O)Nc1ccc(Cl)c(Cl)c1)=NNC(=O)C(=O)Nc1cccc2ccccc12. The number of hydrazone groups is 1. The molecular formula is C22H18Cl2N4O3. The van der Waals surface area contributed by atoms with Crippen LogP contribution in [0.1, 0.15) is 13.3 Å². The molecule has 0 atom stereocenters. The van der Waals surface area contributed by atoms with Crippen molar-refractivity contribution in [3.05, 3.63) is 70.7 Å². The zero-order chi connectivity index (χ0) is 22.4. The second kappa shape index (κ2) is 10.1. The fourth-order valence-electron chi connectivity index (χ4n) is 2.76. The van der Waals surface area contributed by atoms with Crippen LogP contribution in [0.5, 0.6) is 0 Å². The molecular weight excluding hydrogens is 439 g/mol. The van der Waals surface area contributed by atoms with Gasteiger partial charge in [-0.15, -0.1) is 0 Å². The molecule has 9 heteroatoms. The van der Waals surface area contributed by atoms with E-state index in [1.807, 2.05) is 30.3 Å². The van der Waals surface area contributed by atoms with Crippen molar-refractivity contribution < 1.29 is 14.4 Å². The first kappa shape index (κ1) is 22.3. The Hall–Kier alpha value is -3.42. The van der Waals surface area contributed by atoms with Crippen LogP contribution in [-0.4, -0.2) is 23.4 Å². The van der Waals surface area contributed by atoms with Crippen LogP contribution in [0.4, 0.5) is 11.4 Å². The maximum Gasteiger partial charge on any atom is 0.329 e. The molecule has 0 spiro atoms. The molecule has 3 N–H and O–H groups in total. The van der Waals surface area contributed by atoms with E-state index >= 15 is 0 Å². The van der Waals surface area contributed by atoms with Gasteiger partial charge in [0.15, 0.2) is 0 Å². The van der Waals surface area contributed by atoms with E-state index in [4.69, 9.17) is 23.2 Å². The lowest BCUT2D eigenvalue weighted by molar-refractivity contribution is -0.136. The summed E-state index contributed by atoms with van der Waals surface area (Å²) in [5.74, 6) is -2.18. The number of hydrogen-bond donors (Lipinski definition) is 3. The van der Waals surface area contributed by atoms with Crippen molar-refractivity contribution in [2.45, 2.75) is 13.3 Å². The van der Waals surface area contributed by atoms with Crippen LogP contribution in [-0.2, 0) is 14.4 Å². The zero-order valence-corrected chi connectivity index (χ0v) is 17.9. The highest BCUT2D eigenvalue weighted by atomic mass is 35.5. The predicted octanol–water partition coefficient (Wildman–Crippen LogP) is 4.61. The van der Waals surface area contributed by atoms with E-state index in [0.717, 1.165) is 10.8 Å². The molecule has 0 aliphatic heterocycles. The molecule has 3 aromatic carbocycles. The van der Waals surface area contributed by atoms with Gasteiger partial charge in [0, 0.05) is 22.5 Å². The second-order valence-corrected chi connectivity index (χ2v) is 7.44. The average Bonchev–Trinajstić information content (AvgIpc) is 2.74. The van der Waals surface area contributed by atoms with Gasteiger partial charge in [-0.1, -0.05) is 59.6 Å². The molecule has 0 heterocycles. The van der Waals surface area contributed by atoms with Crippen LogP contribution < -0.4 is 16.1 Å². The first-order chi connectivity index (χ1) is 14.8. The molecule has 158 valence electrons. The first-order valence-corrected chi connectivity index (χ1v) is 9.96. The van der Waals surface area contributed by atoms with Crippen molar-refractivity contribution in [1.82, 2.24) is 5.43 Å². The molecule has 3 rings (SSSR count). The number of carbonyl (C=O) groups is 3. The number of fused-ring (bicyclic) bond motifs is 1. The number of hydrogen-bond acceptors (Lipinski definition) is 4. The minimum absolute atomic E-state index is 0.0918. The lowest BCUT2D eigenvalue weighted by Crippen LogP contribution is -2.33. The number of halogens is 2. The number of anilines is 2. The summed E-state index contributed by atoms with van der Waals surface area (Å²) in [7, 11) is 0. The Balaban J connectivity index is 1.55. The third-order valence-electron chi connectivity index (χ3n) is 4.21. The Morgan fingerprint density at radius 1 is 0.871 bits per heavy atom. The normalized spacial score (nSPS) is 11.1. The number of nitrogens with zero attached hydrogens (tertiary/aromatic N) is 1. The van der Waals surface area contributed by atoms with E-state index < -0.39 is 11.8 Å². The van der Waals surface area contributed by atoms with Gasteiger partial charge in [0.2, 0.25) is 5.91 Å². The molecule has 0 saturated heterocycles. The van der Waals surface area contributed by atoms with Gasteiger partial charge in [-0.2, -0.15) is 5.10 Å². The molecule has 3 amide bonds. The van der Waals surface area contributed by atoms with E-state index in [-0.39, 0.29) is 12.3 Å². The maximum absolute atomic E-state index is 12.2. The van der Waals surface area contributed by atoms with Crippen LogP contribution in [0.15, 0.2) is 65.8 Å². The molecule has 0 radical (unpaired) electrons. The number of rotatable bonds is 5. The fourth-order valence-corrected chi connectivity index (χ4v) is 3.06. The molecule has 7 nitrogen and oxygen atoms in total. The number of carbonyl (C=O) groups excluding carboxylic acids is 3. The van der Waals surface area contributed by atoms with E-state index in [1.165, 1.54) is 6.07 Å². The third kappa shape index (κ3) is 6.04. The summed E-state index contributed by atoms with van der Waals surface area (Å²) in [6.45, 7) is 1.55. The van der Waals surface area contributed by atoms with Crippen LogP contribution in [0.3, 0.4) is 0 Å². The molecule has 0 bridgehead atoms. The topological polar surface area (TPSA) is 99.7 Å². The number of nitrogens with one attached hydrogen (secondary N) is 3. The first-order valence-electron chi connectivity index (χ1n) is 9.20. The molecule has 0 aromatic heterocycles. The Morgan fingerprint density at radius 2 is 1.61 bits per heavy atom. The fraction of sp³-hybridized carbons (Fsp3) is 0.0909. The van der Waals surface area contributed by atoms with Crippen molar-refractivity contribution in [2.75, 3.05) is 10.6 Å². The largest absolute Gasteiger partial charge is 0.329 e. The Kier molecular flexibility index (Phi) is 7.23. The standard InChI is InChI=1S/C22H18Cl2N4O3/c1-13(11-20(29)25-15-9-10-17(23)18(24)12-15)27-28-22(31)21(30)26-19-8-4-6-14-5-2-3-7-16(14)19/h2-10,12H,11H2,1H3,(H,25,29)(H,26,30)(H,28,31). The van der Waals surface area contributed by atoms with Crippen molar-refractivity contribution in [3.8, 4) is 0 Å². The summed E-state index contributed by atoms with van der Waals surface area (Å²) in [5, 5.41) is 11.5. The summed E-state index contributed by atoms with van der Waals surface area (Å²) in [6.07, 6.45) is -0.0918. The van der Waals surface area contributed by atoms with Crippen molar-refractivity contribution in [1.29, 1.82) is 0 Å². The summed E-state index contributed by atoms with van der Waals surface area (Å²) in [6, 6.07) is 17.6. The van der Waals surface area contributed by atoms with Gasteiger partial charge in [0.25, 0.3) is 0 Å². The van der Waals surface area contributed by atoms with Gasteiger partial charge < -0.3 is 10.6 Å². The van der Waals surface area contributed by atoms with Gasteiger partial charge in [0.1, 0.15) is 0 Å². The van der Waals surface area contributed by atoms with Crippen molar-refractivity contribution >= 4 is 68.8 Å². The Labute approximate surface area is 188 Å². The molecule has 0 fully saturated rings. The van der Waals surface area contributed by atoms with Crippen LogP contribution >= 0.6 is 23.2 Å². The number of benzene rings is 3. The number of amides is 3. The highest BCUT2D eigenvalue weighted by molar-refractivity contribution is 6.42. The monoisotopic (exact) mass is 456 g/mol. The lowest BCUT2D eigenvalue weighted by atomic mass is 10.1. The Bertz CT molecular complexity index is 1190. The summed E-state index contributed by atoms with van der Waals surface area (Å²) < 4.78 is 0. The van der Waals surface area contributed by atoms with E-state index in [1.54, 1.807) is 31.2 Å². The highest BCUT2D eigenvalue weighted by Crippen LogP contribution is 2.25. The maximum atomic E-state index is 12.2. The average molecular weight is 457 g/mol. The van der Waals surface area contributed by atoms with E-state index in [0.29, 0.717) is 27.1 Å². The summed E-state index contributed by atoms with van der Waals surface area (Å²) in [5.41, 5.74) is 3.46. The third-order valence-corrected chi connectivity index (χ3v) is 4.95. The predicted molar refractivity (Wildman–Crippen MR) is 124 cm³/mol. The smallest absolute Gasteiger partial charge is 0.326 e. The second-order valence-electron chi connectivity index (χ2n) is 6.62. The van der Waals surface area contributed by atoms with Gasteiger partial charge >= 0.3 is 11.8 Å². The van der Waals surface area contributed by atoms with Crippen LogP contribution in [0.25, 0.3) is 10.8 Å². The zero-order valence-electron chi connectivity index (χ0n) is 16.4. The van der Waals surface area contributed by atoms with Crippen LogP contribution in [0, 0.1) is 0 Å². The van der Waals surface area contributed by atoms with Crippen molar-refractivity contribution in [2.24, 2.45) is 5.10 Å². The van der Waals surface area contributed by atoms with E-state index in [9.17, 15) is 14.4 Å². The summed E-state index contributed by atoms with van der Waals surface area (Å²) in [4.78, 5) is 36.4. The molecule has 0 saturated carbocycles. The van der Waals surface area contributed by atoms with Crippen LogP contribution in [0.2, 0.25) is 10.0 Å². The quantitative estimate of drug-likeness (QED) is 0.297. The van der Waals surface area contributed by atoms with Crippen molar-refractivity contribution in [3.63, 3.8) is 0 Å². The minimum Gasteiger partial charge on any atom is -0.326 e. The summed E-state index contributed by atoms with van der Waals surface area (Å²) >= 11 is 11.8. The molecule has 0 unspecified atom stereocenters. The molecule has 0 aliphatic rings. The van der Waals surface area contributed by atoms with Gasteiger partial charge in [-0.25, -0.2) is 5.43 Å². The molecule has 0 aliphatic carbocycles. The van der Waals surface area contributed by atoms with E-state index in [2.05, 4.69) is 21.2 Å². The van der Waals surface area contributed by atoms with Gasteiger partial charge in [-0.3, -0.25) is 14.4 Å². The Morgan fingerprint density at radius 3 is 2.39 bits per heavy atom. The van der Waals surface area contributed by atoms with Gasteiger partial charge in [0.05, 0.1) is 16.5 Å².